The fraction of sp³-hybridized carbons (Fsp3) is 0.444. The number of rotatable bonds is 2. The molecule has 5 heteroatoms. The summed E-state index contributed by atoms with van der Waals surface area (Å²) in [7, 11) is 0. The van der Waals surface area contributed by atoms with E-state index in [4.69, 9.17) is 0 Å². The zero-order chi connectivity index (χ0) is 16.6. The van der Waals surface area contributed by atoms with Crippen LogP contribution in [0.25, 0.3) is 0 Å². The van der Waals surface area contributed by atoms with Crippen LogP contribution in [0, 0.1) is 21.4 Å². The Balaban J connectivity index is 1.79. The summed E-state index contributed by atoms with van der Waals surface area (Å²) in [6.45, 7) is 1.94. The fourth-order valence-electron chi connectivity index (χ4n) is 3.67. The molecular weight excluding hydrogens is 294 g/mol. The van der Waals surface area contributed by atoms with Crippen molar-refractivity contribution in [1.29, 1.82) is 0 Å². The Kier molecular flexibility index (Phi) is 3.88. The molecule has 0 radical (unpaired) electrons. The Hall–Kier alpha value is -2.30. The molecule has 0 aromatic carbocycles. The number of nitrogens with zero attached hydrogens (tertiary/aromatic N) is 1. The number of nitro groups is 1. The molecule has 1 fully saturated rings. The maximum Gasteiger partial charge on any atom is 0.265 e. The smallest absolute Gasteiger partial charge is 0.265 e. The molecule has 0 bridgehead atoms. The highest BCUT2D eigenvalue weighted by atomic mass is 16.6. The third kappa shape index (κ3) is 2.83. The Morgan fingerprint density at radius 3 is 2.74 bits per heavy atom. The molecule has 3 rings (SSSR count). The standard InChI is InChI=1S/C18H19NO4/c1-18-9-8-16(20)11-14(18)5-4-13(17(18)21)10-12-2-6-15(7-3-12)19(22)23/h2,6-7,10-11,13H,3-5,8-9H2,1H3. The molecule has 2 unspecified atom stereocenters. The number of allylic oxidation sites excluding steroid dienone is 7. The summed E-state index contributed by atoms with van der Waals surface area (Å²) in [4.78, 5) is 34.8. The minimum absolute atomic E-state index is 0.0973. The third-order valence-electron chi connectivity index (χ3n) is 5.16. The van der Waals surface area contributed by atoms with Crippen LogP contribution in [-0.4, -0.2) is 16.5 Å². The van der Waals surface area contributed by atoms with Gasteiger partial charge in [0.05, 0.1) is 4.92 Å². The lowest BCUT2D eigenvalue weighted by atomic mass is 9.61. The van der Waals surface area contributed by atoms with Crippen LogP contribution in [0.4, 0.5) is 0 Å². The molecule has 2 atom stereocenters. The zero-order valence-corrected chi connectivity index (χ0v) is 13.1. The van der Waals surface area contributed by atoms with Gasteiger partial charge in [0, 0.05) is 23.8 Å². The van der Waals surface area contributed by atoms with Gasteiger partial charge in [-0.25, -0.2) is 0 Å². The SMILES string of the molecule is CC12CCC(=O)C=C1CCC(C=C1C=CC([N+](=O)[O-])=CC1)C2=O. The molecule has 0 aromatic rings. The van der Waals surface area contributed by atoms with Gasteiger partial charge in [0.25, 0.3) is 5.70 Å². The minimum atomic E-state index is -0.520. The predicted octanol–water partition coefficient (Wildman–Crippen LogP) is 3.31. The van der Waals surface area contributed by atoms with E-state index in [1.807, 2.05) is 13.0 Å². The van der Waals surface area contributed by atoms with E-state index in [0.29, 0.717) is 25.7 Å². The maximum absolute atomic E-state index is 12.9. The molecular formula is C18H19NO4. The predicted molar refractivity (Wildman–Crippen MR) is 85.1 cm³/mol. The molecule has 0 amide bonds. The maximum atomic E-state index is 12.9. The topological polar surface area (TPSA) is 77.3 Å². The first-order valence-corrected chi connectivity index (χ1v) is 7.92. The van der Waals surface area contributed by atoms with Crippen LogP contribution in [0.15, 0.2) is 47.2 Å². The van der Waals surface area contributed by atoms with Crippen molar-refractivity contribution in [2.45, 2.75) is 39.0 Å². The lowest BCUT2D eigenvalue weighted by Gasteiger charge is -2.40. The van der Waals surface area contributed by atoms with Crippen LogP contribution in [-0.2, 0) is 9.59 Å². The average Bonchev–Trinajstić information content (AvgIpc) is 2.53. The molecule has 0 aliphatic heterocycles. The van der Waals surface area contributed by atoms with Gasteiger partial charge in [0.2, 0.25) is 0 Å². The first-order chi connectivity index (χ1) is 10.9. The molecule has 0 heterocycles. The van der Waals surface area contributed by atoms with Crippen LogP contribution >= 0.6 is 0 Å². The Morgan fingerprint density at radius 1 is 1.30 bits per heavy atom. The van der Waals surface area contributed by atoms with E-state index >= 15 is 0 Å². The fourth-order valence-corrected chi connectivity index (χ4v) is 3.67. The number of hydrogen-bond donors (Lipinski definition) is 0. The van der Waals surface area contributed by atoms with E-state index in [2.05, 4.69) is 0 Å². The summed E-state index contributed by atoms with van der Waals surface area (Å²) in [5.41, 5.74) is 1.49. The van der Waals surface area contributed by atoms with Gasteiger partial charge in [-0.05, 0) is 50.3 Å². The van der Waals surface area contributed by atoms with E-state index in [-0.39, 0.29) is 23.2 Å². The number of ketones is 2. The van der Waals surface area contributed by atoms with Crippen molar-refractivity contribution >= 4 is 11.6 Å². The summed E-state index contributed by atoms with van der Waals surface area (Å²) in [5, 5.41) is 10.7. The van der Waals surface area contributed by atoms with Gasteiger partial charge in [0.1, 0.15) is 5.78 Å². The highest BCUT2D eigenvalue weighted by Gasteiger charge is 2.45. The van der Waals surface area contributed by atoms with Crippen LogP contribution in [0.5, 0.6) is 0 Å². The van der Waals surface area contributed by atoms with Crippen LogP contribution in [0.2, 0.25) is 0 Å². The van der Waals surface area contributed by atoms with Gasteiger partial charge in [-0.15, -0.1) is 0 Å². The molecule has 0 aromatic heterocycles. The van der Waals surface area contributed by atoms with Crippen LogP contribution < -0.4 is 0 Å². The van der Waals surface area contributed by atoms with Gasteiger partial charge in [-0.1, -0.05) is 17.7 Å². The average molecular weight is 313 g/mol. The molecule has 0 saturated heterocycles. The van der Waals surface area contributed by atoms with Gasteiger partial charge in [-0.2, -0.15) is 0 Å². The third-order valence-corrected chi connectivity index (χ3v) is 5.16. The molecule has 0 spiro atoms. The molecule has 23 heavy (non-hydrogen) atoms. The summed E-state index contributed by atoms with van der Waals surface area (Å²) in [6.07, 6.45) is 11.4. The van der Waals surface area contributed by atoms with Gasteiger partial charge >= 0.3 is 0 Å². The lowest BCUT2D eigenvalue weighted by molar-refractivity contribution is -0.419. The first kappa shape index (κ1) is 15.6. The minimum Gasteiger partial charge on any atom is -0.298 e. The monoisotopic (exact) mass is 313 g/mol. The van der Waals surface area contributed by atoms with Gasteiger partial charge in [-0.3, -0.25) is 19.7 Å². The van der Waals surface area contributed by atoms with Gasteiger partial charge < -0.3 is 0 Å². The second kappa shape index (κ2) is 5.72. The van der Waals surface area contributed by atoms with E-state index in [0.717, 1.165) is 17.6 Å². The molecule has 3 aliphatic carbocycles. The van der Waals surface area contributed by atoms with Crippen LogP contribution in [0.1, 0.15) is 39.0 Å². The van der Waals surface area contributed by atoms with E-state index in [9.17, 15) is 19.7 Å². The highest BCUT2D eigenvalue weighted by Crippen LogP contribution is 2.46. The Bertz CT molecular complexity index is 711. The number of hydrogen-bond acceptors (Lipinski definition) is 4. The van der Waals surface area contributed by atoms with Crippen molar-refractivity contribution in [2.24, 2.45) is 11.3 Å². The number of carbonyl (C=O) groups is 2. The Morgan fingerprint density at radius 2 is 2.09 bits per heavy atom. The van der Waals surface area contributed by atoms with E-state index in [1.165, 1.54) is 6.08 Å². The molecule has 5 nitrogen and oxygen atoms in total. The van der Waals surface area contributed by atoms with Crippen LogP contribution in [0.3, 0.4) is 0 Å². The van der Waals surface area contributed by atoms with Crippen molar-refractivity contribution in [1.82, 2.24) is 0 Å². The van der Waals surface area contributed by atoms with E-state index in [1.54, 1.807) is 18.2 Å². The highest BCUT2D eigenvalue weighted by molar-refractivity contribution is 5.99. The van der Waals surface area contributed by atoms with Crippen molar-refractivity contribution in [2.75, 3.05) is 0 Å². The second-order valence-electron chi connectivity index (χ2n) is 6.64. The van der Waals surface area contributed by atoms with Crippen molar-refractivity contribution in [3.8, 4) is 0 Å². The van der Waals surface area contributed by atoms with Gasteiger partial charge in [0.15, 0.2) is 5.78 Å². The molecule has 0 N–H and O–H groups in total. The number of carbonyl (C=O) groups excluding carboxylic acids is 2. The van der Waals surface area contributed by atoms with Crippen molar-refractivity contribution in [3.63, 3.8) is 0 Å². The number of Topliss-reactive ketones (excluding diaryl/α,β-unsaturated/α-hetero) is 1. The second-order valence-corrected chi connectivity index (χ2v) is 6.64. The van der Waals surface area contributed by atoms with Crippen molar-refractivity contribution < 1.29 is 14.5 Å². The largest absolute Gasteiger partial charge is 0.298 e. The van der Waals surface area contributed by atoms with Crippen molar-refractivity contribution in [3.05, 3.63) is 57.3 Å². The lowest BCUT2D eigenvalue weighted by Crippen LogP contribution is -2.41. The molecule has 1 saturated carbocycles. The number of fused-ring (bicyclic) bond motifs is 1. The zero-order valence-electron chi connectivity index (χ0n) is 13.1. The first-order valence-electron chi connectivity index (χ1n) is 7.92. The molecule has 120 valence electrons. The quantitative estimate of drug-likeness (QED) is 0.579. The van der Waals surface area contributed by atoms with E-state index < -0.39 is 10.3 Å². The summed E-state index contributed by atoms with van der Waals surface area (Å²) in [5.74, 6) is 0.123. The summed E-state index contributed by atoms with van der Waals surface area (Å²) >= 11 is 0. The summed E-state index contributed by atoms with van der Waals surface area (Å²) in [6, 6.07) is 0. The summed E-state index contributed by atoms with van der Waals surface area (Å²) < 4.78 is 0. The molecule has 3 aliphatic rings. The Labute approximate surface area is 134 Å². The normalized spacial score (nSPS) is 32.4.